The van der Waals surface area contributed by atoms with Gasteiger partial charge in [-0.05, 0) is 19.9 Å². The predicted molar refractivity (Wildman–Crippen MR) is 107 cm³/mol. The molecule has 29 heavy (non-hydrogen) atoms. The molecule has 1 atom stereocenters. The number of nitrogens with one attached hydrogen (secondary N) is 1. The van der Waals surface area contributed by atoms with E-state index in [4.69, 9.17) is 9.72 Å². The summed E-state index contributed by atoms with van der Waals surface area (Å²) >= 11 is 0. The molecular formula is C21H22N4O4. The van der Waals surface area contributed by atoms with Crippen LogP contribution in [0.1, 0.15) is 36.7 Å². The number of hydrogen-bond donors (Lipinski definition) is 2. The largest absolute Gasteiger partial charge is 0.479 e. The van der Waals surface area contributed by atoms with Crippen molar-refractivity contribution in [2.24, 2.45) is 0 Å². The van der Waals surface area contributed by atoms with Gasteiger partial charge >= 0.3 is 5.97 Å². The molecule has 1 aliphatic rings. The number of pyridine rings is 1. The molecule has 8 heteroatoms. The number of amides is 1. The minimum absolute atomic E-state index is 0.0514. The highest BCUT2D eigenvalue weighted by atomic mass is 16.5. The maximum atomic E-state index is 13.2. The van der Waals surface area contributed by atoms with E-state index in [1.165, 1.54) is 0 Å². The summed E-state index contributed by atoms with van der Waals surface area (Å²) in [6, 6.07) is 11.3. The SMILES string of the molecule is CC(C)n1ncc2c(C(=O)NC3(C(=O)O)CCOC3)cc(-c3ccccc3)nc21. The number of carbonyl (C=O) groups excluding carboxylic acids is 1. The first kappa shape index (κ1) is 19.1. The molecule has 0 spiro atoms. The maximum absolute atomic E-state index is 13.2. The lowest BCUT2D eigenvalue weighted by Crippen LogP contribution is -2.55. The van der Waals surface area contributed by atoms with Crippen molar-refractivity contribution >= 4 is 22.9 Å². The second kappa shape index (κ2) is 7.29. The van der Waals surface area contributed by atoms with E-state index in [-0.39, 0.29) is 19.1 Å². The van der Waals surface area contributed by atoms with Crippen LogP contribution in [-0.4, -0.2) is 50.5 Å². The van der Waals surface area contributed by atoms with Gasteiger partial charge in [-0.25, -0.2) is 14.5 Å². The molecule has 0 aliphatic carbocycles. The summed E-state index contributed by atoms with van der Waals surface area (Å²) in [5.74, 6) is -1.58. The number of aliphatic carboxylic acids is 1. The molecule has 3 heterocycles. The van der Waals surface area contributed by atoms with Gasteiger partial charge in [0.1, 0.15) is 0 Å². The number of carboxylic acids is 1. The molecule has 3 aromatic rings. The van der Waals surface area contributed by atoms with Crippen molar-refractivity contribution in [2.75, 3.05) is 13.2 Å². The Hall–Kier alpha value is -3.26. The summed E-state index contributed by atoms with van der Waals surface area (Å²) < 4.78 is 7.00. The summed E-state index contributed by atoms with van der Waals surface area (Å²) in [6.07, 6.45) is 1.82. The molecule has 1 aliphatic heterocycles. The van der Waals surface area contributed by atoms with E-state index in [9.17, 15) is 14.7 Å². The zero-order valence-corrected chi connectivity index (χ0v) is 16.3. The van der Waals surface area contributed by atoms with E-state index in [2.05, 4.69) is 10.4 Å². The number of benzene rings is 1. The summed E-state index contributed by atoms with van der Waals surface area (Å²) in [4.78, 5) is 29.7. The Morgan fingerprint density at radius 3 is 2.66 bits per heavy atom. The van der Waals surface area contributed by atoms with Gasteiger partial charge in [-0.2, -0.15) is 5.10 Å². The molecule has 2 N–H and O–H groups in total. The Morgan fingerprint density at radius 1 is 1.28 bits per heavy atom. The molecular weight excluding hydrogens is 372 g/mol. The average Bonchev–Trinajstić information content (AvgIpc) is 3.35. The molecule has 150 valence electrons. The third kappa shape index (κ3) is 3.36. The number of fused-ring (bicyclic) bond motifs is 1. The van der Waals surface area contributed by atoms with Gasteiger partial charge in [0.25, 0.3) is 5.91 Å². The molecule has 0 saturated carbocycles. The number of carbonyl (C=O) groups is 2. The third-order valence-electron chi connectivity index (χ3n) is 5.15. The van der Waals surface area contributed by atoms with Crippen molar-refractivity contribution in [1.29, 1.82) is 0 Å². The first-order valence-corrected chi connectivity index (χ1v) is 9.48. The Balaban J connectivity index is 1.84. The van der Waals surface area contributed by atoms with E-state index in [0.717, 1.165) is 5.56 Å². The fraction of sp³-hybridized carbons (Fsp3) is 0.333. The Labute approximate surface area is 167 Å². The normalized spacial score (nSPS) is 19.0. The van der Waals surface area contributed by atoms with Crippen LogP contribution in [0.15, 0.2) is 42.6 Å². The van der Waals surface area contributed by atoms with Crippen molar-refractivity contribution < 1.29 is 19.4 Å². The molecule has 8 nitrogen and oxygen atoms in total. The lowest BCUT2D eigenvalue weighted by Gasteiger charge is -2.24. The van der Waals surface area contributed by atoms with Gasteiger partial charge in [0.15, 0.2) is 11.2 Å². The maximum Gasteiger partial charge on any atom is 0.331 e. The fourth-order valence-electron chi connectivity index (χ4n) is 3.51. The monoisotopic (exact) mass is 394 g/mol. The smallest absolute Gasteiger partial charge is 0.331 e. The van der Waals surface area contributed by atoms with Crippen LogP contribution in [0.2, 0.25) is 0 Å². The highest BCUT2D eigenvalue weighted by Gasteiger charge is 2.44. The van der Waals surface area contributed by atoms with Crippen LogP contribution in [0, 0.1) is 0 Å². The molecule has 4 rings (SSSR count). The highest BCUT2D eigenvalue weighted by molar-refractivity contribution is 6.08. The van der Waals surface area contributed by atoms with Gasteiger partial charge < -0.3 is 15.2 Å². The molecule has 0 bridgehead atoms. The van der Waals surface area contributed by atoms with Crippen LogP contribution in [0.3, 0.4) is 0 Å². The lowest BCUT2D eigenvalue weighted by molar-refractivity contribution is -0.144. The van der Waals surface area contributed by atoms with Crippen LogP contribution in [-0.2, 0) is 9.53 Å². The summed E-state index contributed by atoms with van der Waals surface area (Å²) in [5.41, 5.74) is 0.981. The predicted octanol–water partition coefficient (Wildman–Crippen LogP) is 2.65. The first-order valence-electron chi connectivity index (χ1n) is 9.48. The standard InChI is InChI=1S/C21H22N4O4/c1-13(2)25-18-16(11-22-25)15(10-17(23-18)14-6-4-3-5-7-14)19(26)24-21(20(27)28)8-9-29-12-21/h3-7,10-11,13H,8-9,12H2,1-2H3,(H,24,26)(H,27,28). The van der Waals surface area contributed by atoms with Gasteiger partial charge in [0.2, 0.25) is 0 Å². The summed E-state index contributed by atoms with van der Waals surface area (Å²) in [7, 11) is 0. The molecule has 1 amide bonds. The highest BCUT2D eigenvalue weighted by Crippen LogP contribution is 2.27. The number of aromatic nitrogens is 3. The van der Waals surface area contributed by atoms with Gasteiger partial charge in [-0.3, -0.25) is 4.79 Å². The topological polar surface area (TPSA) is 106 Å². The molecule has 0 radical (unpaired) electrons. The Morgan fingerprint density at radius 2 is 2.03 bits per heavy atom. The van der Waals surface area contributed by atoms with Crippen LogP contribution in [0.5, 0.6) is 0 Å². The van der Waals surface area contributed by atoms with Crippen LogP contribution < -0.4 is 5.32 Å². The minimum atomic E-state index is -1.42. The van der Waals surface area contributed by atoms with Gasteiger partial charge in [0, 0.05) is 24.6 Å². The van der Waals surface area contributed by atoms with Gasteiger partial charge in [-0.1, -0.05) is 30.3 Å². The van der Waals surface area contributed by atoms with Crippen molar-refractivity contribution in [3.63, 3.8) is 0 Å². The molecule has 2 aromatic heterocycles. The Bertz CT molecular complexity index is 1070. The molecule has 1 saturated heterocycles. The fourth-order valence-corrected chi connectivity index (χ4v) is 3.51. The number of carboxylic acid groups (broad SMARTS) is 1. The van der Waals surface area contributed by atoms with Crippen molar-refractivity contribution in [1.82, 2.24) is 20.1 Å². The number of hydrogen-bond acceptors (Lipinski definition) is 5. The molecule has 1 unspecified atom stereocenters. The molecule has 1 aromatic carbocycles. The van der Waals surface area contributed by atoms with Crippen LogP contribution in [0.4, 0.5) is 0 Å². The van der Waals surface area contributed by atoms with Crippen molar-refractivity contribution in [3.8, 4) is 11.3 Å². The number of nitrogens with zero attached hydrogens (tertiary/aromatic N) is 3. The van der Waals surface area contributed by atoms with Crippen molar-refractivity contribution in [3.05, 3.63) is 48.2 Å². The van der Waals surface area contributed by atoms with Gasteiger partial charge in [-0.15, -0.1) is 0 Å². The van der Waals surface area contributed by atoms with Crippen molar-refractivity contribution in [2.45, 2.75) is 31.8 Å². The zero-order valence-electron chi connectivity index (χ0n) is 16.3. The number of rotatable bonds is 5. The third-order valence-corrected chi connectivity index (χ3v) is 5.15. The number of ether oxygens (including phenoxy) is 1. The van der Waals surface area contributed by atoms with E-state index in [1.54, 1.807) is 16.9 Å². The lowest BCUT2D eigenvalue weighted by atomic mass is 9.97. The quantitative estimate of drug-likeness (QED) is 0.689. The van der Waals surface area contributed by atoms with E-state index in [1.807, 2.05) is 44.2 Å². The van der Waals surface area contributed by atoms with Crippen LogP contribution >= 0.6 is 0 Å². The Kier molecular flexibility index (Phi) is 4.79. The van der Waals surface area contributed by atoms with Gasteiger partial charge in [0.05, 0.1) is 29.4 Å². The summed E-state index contributed by atoms with van der Waals surface area (Å²) in [5, 5.41) is 17.3. The van der Waals surface area contributed by atoms with E-state index < -0.39 is 17.4 Å². The molecule has 1 fully saturated rings. The second-order valence-electron chi connectivity index (χ2n) is 7.49. The second-order valence-corrected chi connectivity index (χ2v) is 7.49. The first-order chi connectivity index (χ1) is 13.9. The average molecular weight is 394 g/mol. The van der Waals surface area contributed by atoms with E-state index >= 15 is 0 Å². The minimum Gasteiger partial charge on any atom is -0.479 e. The van der Waals surface area contributed by atoms with Crippen LogP contribution in [0.25, 0.3) is 22.3 Å². The van der Waals surface area contributed by atoms with E-state index in [0.29, 0.717) is 28.9 Å². The zero-order chi connectivity index (χ0) is 20.6. The summed E-state index contributed by atoms with van der Waals surface area (Å²) in [6.45, 7) is 4.20.